The average molecular weight is 358 g/mol. The molecule has 0 amide bonds. The van der Waals surface area contributed by atoms with Gasteiger partial charge in [-0.1, -0.05) is 18.2 Å². The van der Waals surface area contributed by atoms with Crippen LogP contribution in [0.25, 0.3) is 4.96 Å². The summed E-state index contributed by atoms with van der Waals surface area (Å²) in [4.78, 5) is 29.0. The molecule has 0 fully saturated rings. The number of aryl methyl sites for hydroxylation is 2. The number of rotatable bonds is 6. The van der Waals surface area contributed by atoms with Crippen LogP contribution in [0.5, 0.6) is 5.75 Å². The molecule has 0 aliphatic carbocycles. The zero-order valence-electron chi connectivity index (χ0n) is 14.0. The van der Waals surface area contributed by atoms with Gasteiger partial charge in [-0.25, -0.2) is 4.98 Å². The van der Waals surface area contributed by atoms with Gasteiger partial charge in [0.1, 0.15) is 12.4 Å². The van der Waals surface area contributed by atoms with Crippen LogP contribution in [-0.2, 0) is 22.6 Å². The molecule has 0 spiro atoms. The number of carbonyl (C=O) groups is 1. The highest BCUT2D eigenvalue weighted by molar-refractivity contribution is 7.15. The molecule has 130 valence electrons. The Kier molecular flexibility index (Phi) is 5.14. The van der Waals surface area contributed by atoms with Crippen LogP contribution in [0.3, 0.4) is 0 Å². The zero-order valence-corrected chi connectivity index (χ0v) is 14.8. The third-order valence-electron chi connectivity index (χ3n) is 3.80. The normalized spacial score (nSPS) is 10.8. The van der Waals surface area contributed by atoms with Gasteiger partial charge in [-0.15, -0.1) is 11.3 Å². The molecule has 2 heterocycles. The number of esters is 1. The maximum Gasteiger partial charge on any atom is 0.306 e. The molecular formula is C18H18N2O4S. The lowest BCUT2D eigenvalue weighted by molar-refractivity contribution is -0.145. The second-order valence-corrected chi connectivity index (χ2v) is 6.39. The molecule has 0 radical (unpaired) electrons. The molecule has 0 saturated carbocycles. The Morgan fingerprint density at radius 3 is 2.92 bits per heavy atom. The summed E-state index contributed by atoms with van der Waals surface area (Å²) in [5.41, 5.74) is 2.09. The van der Waals surface area contributed by atoms with Crippen LogP contribution in [0.2, 0.25) is 0 Å². The Balaban J connectivity index is 1.60. The number of thiazole rings is 1. The molecule has 1 aromatic carbocycles. The third-order valence-corrected chi connectivity index (χ3v) is 4.74. The quantitative estimate of drug-likeness (QED) is 0.634. The van der Waals surface area contributed by atoms with Crippen LogP contribution in [0.1, 0.15) is 23.4 Å². The minimum atomic E-state index is -0.338. The highest BCUT2D eigenvalue weighted by atomic mass is 32.1. The van der Waals surface area contributed by atoms with E-state index < -0.39 is 0 Å². The van der Waals surface area contributed by atoms with Crippen LogP contribution < -0.4 is 10.3 Å². The van der Waals surface area contributed by atoms with Crippen molar-refractivity contribution in [3.05, 3.63) is 63.0 Å². The van der Waals surface area contributed by atoms with Crippen LogP contribution in [0.15, 0.2) is 40.5 Å². The van der Waals surface area contributed by atoms with E-state index in [0.717, 1.165) is 17.0 Å². The molecule has 0 atom stereocenters. The first kappa shape index (κ1) is 17.2. The van der Waals surface area contributed by atoms with Crippen LogP contribution in [0, 0.1) is 6.92 Å². The molecule has 25 heavy (non-hydrogen) atoms. The van der Waals surface area contributed by atoms with Gasteiger partial charge in [0.15, 0.2) is 4.96 Å². The predicted octanol–water partition coefficient (Wildman–Crippen LogP) is 2.75. The number of fused-ring (bicyclic) bond motifs is 1. The van der Waals surface area contributed by atoms with Gasteiger partial charge in [0.2, 0.25) is 0 Å². The van der Waals surface area contributed by atoms with Crippen molar-refractivity contribution in [2.75, 3.05) is 7.11 Å². The molecule has 7 heteroatoms. The molecule has 0 aliphatic rings. The Labute approximate surface area is 148 Å². The second-order valence-electron chi connectivity index (χ2n) is 5.55. The fourth-order valence-corrected chi connectivity index (χ4v) is 3.44. The van der Waals surface area contributed by atoms with E-state index in [2.05, 4.69) is 4.98 Å². The lowest BCUT2D eigenvalue weighted by Crippen LogP contribution is -2.16. The SMILES string of the molecule is COc1ccccc1CCC(=O)OCc1cc(=O)n2c(C)csc2n1. The number of para-hydroxylation sites is 1. The van der Waals surface area contributed by atoms with E-state index in [1.807, 2.05) is 36.6 Å². The average Bonchev–Trinajstić information content (AvgIpc) is 2.99. The lowest BCUT2D eigenvalue weighted by Gasteiger charge is -2.08. The van der Waals surface area contributed by atoms with Crippen molar-refractivity contribution >= 4 is 22.3 Å². The molecule has 0 unspecified atom stereocenters. The number of aromatic nitrogens is 2. The van der Waals surface area contributed by atoms with Crippen molar-refractivity contribution in [3.8, 4) is 5.75 Å². The van der Waals surface area contributed by atoms with E-state index in [-0.39, 0.29) is 24.6 Å². The van der Waals surface area contributed by atoms with E-state index >= 15 is 0 Å². The van der Waals surface area contributed by atoms with Gasteiger partial charge in [-0.3, -0.25) is 14.0 Å². The molecule has 2 aromatic heterocycles. The van der Waals surface area contributed by atoms with Crippen molar-refractivity contribution in [2.45, 2.75) is 26.4 Å². The molecule has 0 bridgehead atoms. The summed E-state index contributed by atoms with van der Waals surface area (Å²) in [6.45, 7) is 1.84. The number of hydrogen-bond acceptors (Lipinski definition) is 6. The first-order chi connectivity index (χ1) is 12.1. The largest absolute Gasteiger partial charge is 0.496 e. The monoisotopic (exact) mass is 358 g/mol. The molecular weight excluding hydrogens is 340 g/mol. The Morgan fingerprint density at radius 2 is 2.12 bits per heavy atom. The first-order valence-electron chi connectivity index (χ1n) is 7.83. The first-order valence-corrected chi connectivity index (χ1v) is 8.70. The summed E-state index contributed by atoms with van der Waals surface area (Å²) in [5.74, 6) is 0.416. The topological polar surface area (TPSA) is 69.9 Å². The Bertz CT molecular complexity index is 961. The molecule has 0 aliphatic heterocycles. The summed E-state index contributed by atoms with van der Waals surface area (Å²) in [5, 5.41) is 1.87. The van der Waals surface area contributed by atoms with E-state index in [0.29, 0.717) is 17.1 Å². The van der Waals surface area contributed by atoms with Crippen molar-refractivity contribution < 1.29 is 14.3 Å². The van der Waals surface area contributed by atoms with Gasteiger partial charge in [0, 0.05) is 23.6 Å². The summed E-state index contributed by atoms with van der Waals surface area (Å²) < 4.78 is 12.1. The number of benzene rings is 1. The van der Waals surface area contributed by atoms with E-state index in [4.69, 9.17) is 9.47 Å². The highest BCUT2D eigenvalue weighted by Crippen LogP contribution is 2.19. The fourth-order valence-electron chi connectivity index (χ4n) is 2.55. The summed E-state index contributed by atoms with van der Waals surface area (Å²) >= 11 is 1.39. The summed E-state index contributed by atoms with van der Waals surface area (Å²) in [6, 6.07) is 8.96. The summed E-state index contributed by atoms with van der Waals surface area (Å²) in [7, 11) is 1.60. The number of nitrogens with zero attached hydrogens (tertiary/aromatic N) is 2. The lowest BCUT2D eigenvalue weighted by atomic mass is 10.1. The van der Waals surface area contributed by atoms with Crippen molar-refractivity contribution in [3.63, 3.8) is 0 Å². The molecule has 0 N–H and O–H groups in total. The number of carbonyl (C=O) groups excluding carboxylic acids is 1. The minimum Gasteiger partial charge on any atom is -0.496 e. The number of ether oxygens (including phenoxy) is 2. The summed E-state index contributed by atoms with van der Waals surface area (Å²) in [6.07, 6.45) is 0.766. The van der Waals surface area contributed by atoms with Gasteiger partial charge in [0.05, 0.1) is 12.8 Å². The number of hydrogen-bond donors (Lipinski definition) is 0. The molecule has 3 aromatic rings. The second kappa shape index (κ2) is 7.48. The van der Waals surface area contributed by atoms with E-state index in [9.17, 15) is 9.59 Å². The molecule has 6 nitrogen and oxygen atoms in total. The Morgan fingerprint density at radius 1 is 1.32 bits per heavy atom. The van der Waals surface area contributed by atoms with Crippen LogP contribution >= 0.6 is 11.3 Å². The minimum absolute atomic E-state index is 0.00650. The van der Waals surface area contributed by atoms with Crippen LogP contribution in [-0.4, -0.2) is 22.5 Å². The predicted molar refractivity (Wildman–Crippen MR) is 95.2 cm³/mol. The highest BCUT2D eigenvalue weighted by Gasteiger charge is 2.10. The van der Waals surface area contributed by atoms with Crippen molar-refractivity contribution in [1.82, 2.24) is 9.38 Å². The van der Waals surface area contributed by atoms with Gasteiger partial charge in [-0.05, 0) is 25.0 Å². The third kappa shape index (κ3) is 3.88. The number of methoxy groups -OCH3 is 1. The zero-order chi connectivity index (χ0) is 17.8. The standard InChI is InChI=1S/C18H18N2O4S/c1-12-11-25-18-19-14(9-16(21)20(12)18)10-24-17(22)8-7-13-5-3-4-6-15(13)23-2/h3-6,9,11H,7-8,10H2,1-2H3. The van der Waals surface area contributed by atoms with Crippen molar-refractivity contribution in [1.29, 1.82) is 0 Å². The van der Waals surface area contributed by atoms with Crippen molar-refractivity contribution in [2.24, 2.45) is 0 Å². The van der Waals surface area contributed by atoms with Crippen LogP contribution in [0.4, 0.5) is 0 Å². The smallest absolute Gasteiger partial charge is 0.306 e. The van der Waals surface area contributed by atoms with Gasteiger partial charge in [0.25, 0.3) is 5.56 Å². The van der Waals surface area contributed by atoms with E-state index in [1.165, 1.54) is 21.8 Å². The van der Waals surface area contributed by atoms with Gasteiger partial charge < -0.3 is 9.47 Å². The molecule has 3 rings (SSSR count). The van der Waals surface area contributed by atoms with E-state index in [1.54, 1.807) is 7.11 Å². The maximum absolute atomic E-state index is 12.1. The van der Waals surface area contributed by atoms with Gasteiger partial charge in [-0.2, -0.15) is 0 Å². The maximum atomic E-state index is 12.1. The molecule has 0 saturated heterocycles. The Hall–Kier alpha value is -2.67. The van der Waals surface area contributed by atoms with Gasteiger partial charge >= 0.3 is 5.97 Å². The fraction of sp³-hybridized carbons (Fsp3) is 0.278.